The number of rotatable bonds is 4. The highest BCUT2D eigenvalue weighted by molar-refractivity contribution is 7.10. The van der Waals surface area contributed by atoms with Gasteiger partial charge in [-0.25, -0.2) is 4.39 Å². The summed E-state index contributed by atoms with van der Waals surface area (Å²) < 4.78 is 13.1. The second kappa shape index (κ2) is 5.97. The normalized spacial score (nSPS) is 10.5. The summed E-state index contributed by atoms with van der Waals surface area (Å²) >= 11 is 1.65. The number of carbonyl (C=O) groups is 1. The van der Waals surface area contributed by atoms with Crippen molar-refractivity contribution >= 4 is 17.2 Å². The molecule has 0 aliphatic heterocycles. The molecule has 100 valence electrons. The Hall–Kier alpha value is -1.68. The summed E-state index contributed by atoms with van der Waals surface area (Å²) in [4.78, 5) is 14.9. The van der Waals surface area contributed by atoms with Gasteiger partial charge in [0.1, 0.15) is 5.82 Å². The molecule has 0 unspecified atom stereocenters. The Morgan fingerprint density at radius 3 is 2.79 bits per heavy atom. The summed E-state index contributed by atoms with van der Waals surface area (Å²) in [6, 6.07) is 8.23. The second-order valence-electron chi connectivity index (χ2n) is 4.58. The zero-order chi connectivity index (χ0) is 13.8. The highest BCUT2D eigenvalue weighted by atomic mass is 32.1. The Morgan fingerprint density at radius 2 is 2.16 bits per heavy atom. The van der Waals surface area contributed by atoms with Crippen molar-refractivity contribution in [2.45, 2.75) is 19.9 Å². The van der Waals surface area contributed by atoms with Crippen LogP contribution in [0.5, 0.6) is 0 Å². The number of thiophene rings is 1. The Bertz CT molecular complexity index is 579. The number of aryl methyl sites for hydroxylation is 1. The van der Waals surface area contributed by atoms with E-state index in [9.17, 15) is 9.18 Å². The van der Waals surface area contributed by atoms with E-state index in [2.05, 4.69) is 0 Å². The molecular formula is C15H16FNOS. The number of amides is 1. The van der Waals surface area contributed by atoms with Crippen LogP contribution in [0.25, 0.3) is 0 Å². The van der Waals surface area contributed by atoms with E-state index in [1.54, 1.807) is 35.4 Å². The maximum absolute atomic E-state index is 13.1. The molecule has 0 N–H and O–H groups in total. The average molecular weight is 277 g/mol. The fourth-order valence-corrected chi connectivity index (χ4v) is 2.78. The molecule has 1 heterocycles. The zero-order valence-electron chi connectivity index (χ0n) is 11.0. The van der Waals surface area contributed by atoms with E-state index in [1.165, 1.54) is 22.6 Å². The smallest absolute Gasteiger partial charge is 0.227 e. The molecule has 0 bridgehead atoms. The first kappa shape index (κ1) is 13.7. The fourth-order valence-electron chi connectivity index (χ4n) is 1.83. The molecule has 0 atom stereocenters. The van der Waals surface area contributed by atoms with Gasteiger partial charge in [-0.05, 0) is 41.6 Å². The summed E-state index contributed by atoms with van der Waals surface area (Å²) in [6.45, 7) is 2.65. The third kappa shape index (κ3) is 3.64. The van der Waals surface area contributed by atoms with Crippen LogP contribution in [0.4, 0.5) is 4.39 Å². The summed E-state index contributed by atoms with van der Waals surface area (Å²) in [7, 11) is 1.78. The Kier molecular flexibility index (Phi) is 4.32. The van der Waals surface area contributed by atoms with Gasteiger partial charge >= 0.3 is 0 Å². The molecule has 2 rings (SSSR count). The van der Waals surface area contributed by atoms with Gasteiger partial charge in [0.15, 0.2) is 0 Å². The zero-order valence-corrected chi connectivity index (χ0v) is 11.8. The first-order valence-electron chi connectivity index (χ1n) is 6.07. The monoisotopic (exact) mass is 277 g/mol. The van der Waals surface area contributed by atoms with Gasteiger partial charge in [0.2, 0.25) is 5.91 Å². The molecule has 4 heteroatoms. The van der Waals surface area contributed by atoms with Gasteiger partial charge < -0.3 is 4.90 Å². The molecule has 0 aliphatic rings. The molecular weight excluding hydrogens is 261 g/mol. The van der Waals surface area contributed by atoms with E-state index < -0.39 is 0 Å². The molecule has 1 amide bonds. The summed E-state index contributed by atoms with van der Waals surface area (Å²) in [6.07, 6.45) is 0.235. The van der Waals surface area contributed by atoms with Crippen LogP contribution in [0.15, 0.2) is 35.7 Å². The van der Waals surface area contributed by atoms with Crippen LogP contribution in [0, 0.1) is 12.7 Å². The minimum absolute atomic E-state index is 0.00148. The van der Waals surface area contributed by atoms with Crippen LogP contribution >= 0.6 is 11.3 Å². The van der Waals surface area contributed by atoms with Gasteiger partial charge in [0.25, 0.3) is 0 Å². The first-order chi connectivity index (χ1) is 9.06. The number of hydrogen-bond acceptors (Lipinski definition) is 2. The van der Waals surface area contributed by atoms with Gasteiger partial charge in [0, 0.05) is 11.9 Å². The van der Waals surface area contributed by atoms with E-state index >= 15 is 0 Å². The lowest BCUT2D eigenvalue weighted by Crippen LogP contribution is -2.27. The van der Waals surface area contributed by atoms with E-state index in [0.717, 1.165) is 0 Å². The average Bonchev–Trinajstić information content (AvgIpc) is 2.75. The van der Waals surface area contributed by atoms with Gasteiger partial charge in [-0.1, -0.05) is 12.1 Å². The number of hydrogen-bond donors (Lipinski definition) is 0. The molecule has 19 heavy (non-hydrogen) atoms. The third-order valence-electron chi connectivity index (χ3n) is 3.02. The summed E-state index contributed by atoms with van der Waals surface area (Å²) in [5.41, 5.74) is 1.91. The SMILES string of the molecule is Cc1ccsc1CN(C)C(=O)Cc1cccc(F)c1. The highest BCUT2D eigenvalue weighted by Crippen LogP contribution is 2.17. The van der Waals surface area contributed by atoms with Crippen LogP contribution in [0.2, 0.25) is 0 Å². The van der Waals surface area contributed by atoms with E-state index in [-0.39, 0.29) is 18.1 Å². The van der Waals surface area contributed by atoms with Crippen LogP contribution in [-0.2, 0) is 17.8 Å². The quantitative estimate of drug-likeness (QED) is 0.839. The van der Waals surface area contributed by atoms with Crippen molar-refractivity contribution < 1.29 is 9.18 Å². The summed E-state index contributed by atoms with van der Waals surface area (Å²) in [5, 5.41) is 2.02. The maximum Gasteiger partial charge on any atom is 0.227 e. The number of benzene rings is 1. The topological polar surface area (TPSA) is 20.3 Å². The predicted octanol–water partition coefficient (Wildman–Crippen LogP) is 3.40. The Morgan fingerprint density at radius 1 is 1.37 bits per heavy atom. The molecule has 0 spiro atoms. The molecule has 0 aliphatic carbocycles. The number of halogens is 1. The van der Waals surface area contributed by atoms with Crippen LogP contribution in [-0.4, -0.2) is 17.9 Å². The molecule has 0 radical (unpaired) electrons. The van der Waals surface area contributed by atoms with Gasteiger partial charge in [0.05, 0.1) is 13.0 Å². The Balaban J connectivity index is 1.98. The molecule has 0 saturated carbocycles. The molecule has 1 aromatic heterocycles. The molecule has 0 saturated heterocycles. The van der Waals surface area contributed by atoms with Gasteiger partial charge in [-0.3, -0.25) is 4.79 Å². The molecule has 1 aromatic carbocycles. The lowest BCUT2D eigenvalue weighted by molar-refractivity contribution is -0.129. The van der Waals surface area contributed by atoms with Crippen molar-refractivity contribution in [3.63, 3.8) is 0 Å². The summed E-state index contributed by atoms with van der Waals surface area (Å²) in [5.74, 6) is -0.305. The lowest BCUT2D eigenvalue weighted by Gasteiger charge is -2.17. The van der Waals surface area contributed by atoms with Crippen molar-refractivity contribution in [2.75, 3.05) is 7.05 Å². The number of nitrogens with zero attached hydrogens (tertiary/aromatic N) is 1. The van der Waals surface area contributed by atoms with Crippen LogP contribution < -0.4 is 0 Å². The minimum Gasteiger partial charge on any atom is -0.340 e. The molecule has 2 aromatic rings. The minimum atomic E-state index is -0.304. The predicted molar refractivity (Wildman–Crippen MR) is 75.6 cm³/mol. The fraction of sp³-hybridized carbons (Fsp3) is 0.267. The lowest BCUT2D eigenvalue weighted by atomic mass is 10.1. The van der Waals surface area contributed by atoms with Crippen molar-refractivity contribution in [3.05, 3.63) is 57.5 Å². The van der Waals surface area contributed by atoms with Gasteiger partial charge in [-0.15, -0.1) is 11.3 Å². The molecule has 2 nitrogen and oxygen atoms in total. The molecule has 0 fully saturated rings. The standard InChI is InChI=1S/C15H16FNOS/c1-11-6-7-19-14(11)10-17(2)15(18)9-12-4-3-5-13(16)8-12/h3-8H,9-10H2,1-2H3. The van der Waals surface area contributed by atoms with Crippen molar-refractivity contribution in [3.8, 4) is 0 Å². The number of carbonyl (C=O) groups excluding carboxylic acids is 1. The first-order valence-corrected chi connectivity index (χ1v) is 6.95. The van der Waals surface area contributed by atoms with E-state index in [1.807, 2.05) is 18.4 Å². The number of likely N-dealkylation sites (N-methyl/N-ethyl adjacent to an activating group) is 1. The van der Waals surface area contributed by atoms with Crippen LogP contribution in [0.3, 0.4) is 0 Å². The largest absolute Gasteiger partial charge is 0.340 e. The maximum atomic E-state index is 13.1. The van der Waals surface area contributed by atoms with Crippen molar-refractivity contribution in [2.24, 2.45) is 0 Å². The third-order valence-corrected chi connectivity index (χ3v) is 4.03. The van der Waals surface area contributed by atoms with Crippen LogP contribution in [0.1, 0.15) is 16.0 Å². The van der Waals surface area contributed by atoms with E-state index in [0.29, 0.717) is 12.1 Å². The van der Waals surface area contributed by atoms with Crippen molar-refractivity contribution in [1.82, 2.24) is 4.90 Å². The van der Waals surface area contributed by atoms with E-state index in [4.69, 9.17) is 0 Å². The Labute approximate surface area is 116 Å². The highest BCUT2D eigenvalue weighted by Gasteiger charge is 2.12. The van der Waals surface area contributed by atoms with Crippen molar-refractivity contribution in [1.29, 1.82) is 0 Å². The van der Waals surface area contributed by atoms with Gasteiger partial charge in [-0.2, -0.15) is 0 Å². The second-order valence-corrected chi connectivity index (χ2v) is 5.58.